The first-order chi connectivity index (χ1) is 9.40. The van der Waals surface area contributed by atoms with E-state index in [-0.39, 0.29) is 5.92 Å². The molecule has 1 N–H and O–H groups in total. The highest BCUT2D eigenvalue weighted by Crippen LogP contribution is 2.52. The molecule has 2 fully saturated rings. The van der Waals surface area contributed by atoms with E-state index in [1.807, 2.05) is 18.5 Å². The second-order valence-corrected chi connectivity index (χ2v) is 6.54. The molecule has 1 aromatic heterocycles. The van der Waals surface area contributed by atoms with Crippen molar-refractivity contribution in [3.05, 3.63) is 16.4 Å². The zero-order valence-corrected chi connectivity index (χ0v) is 12.8. The minimum absolute atomic E-state index is 0.0958. The van der Waals surface area contributed by atoms with Gasteiger partial charge in [-0.25, -0.2) is 0 Å². The van der Waals surface area contributed by atoms with Crippen LogP contribution < -0.4 is 0 Å². The maximum Gasteiger partial charge on any atom is 0.307 e. The van der Waals surface area contributed by atoms with Crippen LogP contribution in [0.15, 0.2) is 0 Å². The highest BCUT2D eigenvalue weighted by molar-refractivity contribution is 6.31. The number of carbonyl (C=O) groups is 1. The molecule has 1 unspecified atom stereocenters. The number of carboxylic acids is 1. The standard InChI is InChI=1S/C14H20ClN3O2/c1-7(4-18-9(3)13(15)8(2)16-18)17-5-10-11(6-17)12(10)14(19)20/h7,10-12H,4-6H2,1-3H3,(H,19,20)/t7-,10-,11+,12?/m1/s1. The van der Waals surface area contributed by atoms with E-state index in [4.69, 9.17) is 16.7 Å². The van der Waals surface area contributed by atoms with Gasteiger partial charge in [0.1, 0.15) is 0 Å². The maximum absolute atomic E-state index is 11.0. The second kappa shape index (κ2) is 4.74. The first kappa shape index (κ1) is 13.9. The Morgan fingerprint density at radius 3 is 2.50 bits per heavy atom. The molecule has 1 saturated heterocycles. The number of aliphatic carboxylic acids is 1. The molecule has 0 amide bonds. The Morgan fingerprint density at radius 2 is 2.05 bits per heavy atom. The zero-order chi connectivity index (χ0) is 14.6. The number of fused-ring (bicyclic) bond motifs is 1. The summed E-state index contributed by atoms with van der Waals surface area (Å²) in [6, 6.07) is 0.353. The van der Waals surface area contributed by atoms with Crippen LogP contribution in [0.25, 0.3) is 0 Å². The van der Waals surface area contributed by atoms with Crippen molar-refractivity contribution in [3.8, 4) is 0 Å². The Balaban J connectivity index is 1.60. The van der Waals surface area contributed by atoms with Gasteiger partial charge in [0.15, 0.2) is 0 Å². The molecule has 1 saturated carbocycles. The molecular weight excluding hydrogens is 278 g/mol. The fourth-order valence-corrected chi connectivity index (χ4v) is 3.64. The lowest BCUT2D eigenvalue weighted by Crippen LogP contribution is -2.37. The van der Waals surface area contributed by atoms with E-state index in [2.05, 4.69) is 16.9 Å². The number of aromatic nitrogens is 2. The van der Waals surface area contributed by atoms with Gasteiger partial charge < -0.3 is 5.11 Å². The summed E-state index contributed by atoms with van der Waals surface area (Å²) in [5.41, 5.74) is 1.87. The van der Waals surface area contributed by atoms with Crippen LogP contribution >= 0.6 is 11.6 Å². The molecule has 0 radical (unpaired) electrons. The van der Waals surface area contributed by atoms with E-state index in [9.17, 15) is 4.79 Å². The third kappa shape index (κ3) is 2.13. The summed E-state index contributed by atoms with van der Waals surface area (Å²) in [5, 5.41) is 14.2. The van der Waals surface area contributed by atoms with E-state index >= 15 is 0 Å². The van der Waals surface area contributed by atoms with E-state index < -0.39 is 5.97 Å². The normalized spacial score (nSPS) is 30.3. The van der Waals surface area contributed by atoms with Crippen LogP contribution in [0.3, 0.4) is 0 Å². The summed E-state index contributed by atoms with van der Waals surface area (Å²) in [7, 11) is 0. The maximum atomic E-state index is 11.0. The summed E-state index contributed by atoms with van der Waals surface area (Å²) in [6.07, 6.45) is 0. The summed E-state index contributed by atoms with van der Waals surface area (Å²) >= 11 is 6.16. The molecule has 4 atom stereocenters. The van der Waals surface area contributed by atoms with Gasteiger partial charge in [-0.1, -0.05) is 11.6 Å². The van der Waals surface area contributed by atoms with Crippen LogP contribution in [-0.2, 0) is 11.3 Å². The number of likely N-dealkylation sites (tertiary alicyclic amines) is 1. The number of carboxylic acid groups (broad SMARTS) is 1. The fourth-order valence-electron chi connectivity index (χ4n) is 3.50. The first-order valence-corrected chi connectivity index (χ1v) is 7.44. The first-order valence-electron chi connectivity index (χ1n) is 7.06. The highest BCUT2D eigenvalue weighted by atomic mass is 35.5. The Bertz CT molecular complexity index is 545. The third-order valence-electron chi connectivity index (χ3n) is 4.86. The number of piperidine rings is 1. The fraction of sp³-hybridized carbons (Fsp3) is 0.714. The Morgan fingerprint density at radius 1 is 1.45 bits per heavy atom. The number of aryl methyl sites for hydroxylation is 1. The third-order valence-corrected chi connectivity index (χ3v) is 5.41. The summed E-state index contributed by atoms with van der Waals surface area (Å²) < 4.78 is 1.96. The van der Waals surface area contributed by atoms with Gasteiger partial charge in [-0.3, -0.25) is 14.4 Å². The van der Waals surface area contributed by atoms with Crippen LogP contribution in [0.5, 0.6) is 0 Å². The molecule has 0 spiro atoms. The van der Waals surface area contributed by atoms with Crippen molar-refractivity contribution in [2.45, 2.75) is 33.4 Å². The summed E-state index contributed by atoms with van der Waals surface area (Å²) in [6.45, 7) is 8.67. The molecular formula is C14H20ClN3O2. The quantitative estimate of drug-likeness (QED) is 0.921. The lowest BCUT2D eigenvalue weighted by atomic mass is 10.2. The van der Waals surface area contributed by atoms with Crippen LogP contribution in [0, 0.1) is 31.6 Å². The topological polar surface area (TPSA) is 58.4 Å². The smallest absolute Gasteiger partial charge is 0.307 e. The number of nitrogens with zero attached hydrogens (tertiary/aromatic N) is 3. The largest absolute Gasteiger partial charge is 0.481 e. The van der Waals surface area contributed by atoms with Crippen molar-refractivity contribution >= 4 is 17.6 Å². The van der Waals surface area contributed by atoms with Crippen LogP contribution in [0.1, 0.15) is 18.3 Å². The van der Waals surface area contributed by atoms with Crippen molar-refractivity contribution in [3.63, 3.8) is 0 Å². The van der Waals surface area contributed by atoms with Crippen molar-refractivity contribution in [1.29, 1.82) is 0 Å². The minimum atomic E-state index is -0.627. The monoisotopic (exact) mass is 297 g/mol. The van der Waals surface area contributed by atoms with Gasteiger partial charge in [0.05, 0.1) is 28.9 Å². The molecule has 1 aromatic rings. The van der Waals surface area contributed by atoms with E-state index in [1.54, 1.807) is 0 Å². The van der Waals surface area contributed by atoms with Crippen molar-refractivity contribution < 1.29 is 9.90 Å². The molecule has 1 aliphatic heterocycles. The van der Waals surface area contributed by atoms with Crippen molar-refractivity contribution in [2.24, 2.45) is 17.8 Å². The molecule has 2 aliphatic rings. The van der Waals surface area contributed by atoms with Gasteiger partial charge in [0, 0.05) is 19.1 Å². The average Bonchev–Trinajstić information content (AvgIpc) is 2.81. The molecule has 3 rings (SSSR count). The predicted octanol–water partition coefficient (Wildman–Crippen LogP) is 1.80. The van der Waals surface area contributed by atoms with Crippen molar-refractivity contribution in [1.82, 2.24) is 14.7 Å². The molecule has 0 bridgehead atoms. The lowest BCUT2D eigenvalue weighted by Gasteiger charge is -2.26. The van der Waals surface area contributed by atoms with Gasteiger partial charge in [0.2, 0.25) is 0 Å². The number of rotatable bonds is 4. The van der Waals surface area contributed by atoms with Gasteiger partial charge in [-0.2, -0.15) is 5.10 Å². The molecule has 110 valence electrons. The molecule has 2 heterocycles. The Kier molecular flexibility index (Phi) is 3.29. The summed E-state index contributed by atoms with van der Waals surface area (Å²) in [4.78, 5) is 13.4. The van der Waals surface area contributed by atoms with Gasteiger partial charge in [0.25, 0.3) is 0 Å². The van der Waals surface area contributed by atoms with Crippen molar-refractivity contribution in [2.75, 3.05) is 13.1 Å². The lowest BCUT2D eigenvalue weighted by molar-refractivity contribution is -0.139. The molecule has 20 heavy (non-hydrogen) atoms. The molecule has 1 aliphatic carbocycles. The number of hydrogen-bond acceptors (Lipinski definition) is 3. The Hall–Kier alpha value is -1.07. The highest BCUT2D eigenvalue weighted by Gasteiger charge is 2.60. The predicted molar refractivity (Wildman–Crippen MR) is 75.9 cm³/mol. The summed E-state index contributed by atoms with van der Waals surface area (Å²) in [5.74, 6) is -0.00260. The minimum Gasteiger partial charge on any atom is -0.481 e. The van der Waals surface area contributed by atoms with E-state index in [0.29, 0.717) is 17.9 Å². The van der Waals surface area contributed by atoms with Crippen LogP contribution in [0.4, 0.5) is 0 Å². The van der Waals surface area contributed by atoms with Gasteiger partial charge in [-0.15, -0.1) is 0 Å². The van der Waals surface area contributed by atoms with Crippen LogP contribution in [-0.4, -0.2) is 44.9 Å². The second-order valence-electron chi connectivity index (χ2n) is 6.16. The molecule has 0 aromatic carbocycles. The number of hydrogen-bond donors (Lipinski definition) is 1. The van der Waals surface area contributed by atoms with Crippen LogP contribution in [0.2, 0.25) is 5.02 Å². The molecule has 6 heteroatoms. The van der Waals surface area contributed by atoms with E-state index in [1.165, 1.54) is 0 Å². The van der Waals surface area contributed by atoms with E-state index in [0.717, 1.165) is 36.0 Å². The average molecular weight is 298 g/mol. The molecule has 5 nitrogen and oxygen atoms in total. The van der Waals surface area contributed by atoms with Gasteiger partial charge in [-0.05, 0) is 32.6 Å². The Labute approximate surface area is 123 Å². The number of halogens is 1. The SMILES string of the molecule is Cc1nn(C[C@@H](C)N2C[C@@H]3C(C(=O)O)[C@@H]3C2)c(C)c1Cl. The zero-order valence-electron chi connectivity index (χ0n) is 12.0. The van der Waals surface area contributed by atoms with Gasteiger partial charge >= 0.3 is 5.97 Å².